The number of carboxylic acid groups (broad SMARTS) is 1. The Kier molecular flexibility index (Phi) is 5.97. The van der Waals surface area contributed by atoms with Crippen LogP contribution in [0.4, 0.5) is 0 Å². The summed E-state index contributed by atoms with van der Waals surface area (Å²) in [6, 6.07) is 0. The van der Waals surface area contributed by atoms with Crippen molar-refractivity contribution in [2.75, 3.05) is 13.1 Å². The van der Waals surface area contributed by atoms with Gasteiger partial charge in [-0.3, -0.25) is 9.59 Å². The zero-order valence-electron chi connectivity index (χ0n) is 9.19. The van der Waals surface area contributed by atoms with E-state index in [1.807, 2.05) is 11.6 Å². The van der Waals surface area contributed by atoms with Gasteiger partial charge < -0.3 is 10.4 Å². The third-order valence-electron chi connectivity index (χ3n) is 1.82. The van der Waals surface area contributed by atoms with Gasteiger partial charge in [0.15, 0.2) is 5.25 Å². The van der Waals surface area contributed by atoms with E-state index in [-0.39, 0.29) is 0 Å². The number of nitrogens with one attached hydrogen (secondary N) is 2. The molecule has 0 radical (unpaired) electrons. The molecule has 0 aromatic heterocycles. The SMILES string of the molecule is CCCNC(=O)CNS(=O)(=O)C(C)C(=O)O. The summed E-state index contributed by atoms with van der Waals surface area (Å²) in [4.78, 5) is 21.5. The number of aliphatic carboxylic acids is 1. The number of amides is 1. The van der Waals surface area contributed by atoms with Gasteiger partial charge in [-0.25, -0.2) is 13.1 Å². The molecule has 0 aliphatic carbocycles. The molecule has 0 aromatic carbocycles. The van der Waals surface area contributed by atoms with Crippen LogP contribution in [0, 0.1) is 0 Å². The first kappa shape index (κ1) is 14.8. The topological polar surface area (TPSA) is 113 Å². The molecule has 16 heavy (non-hydrogen) atoms. The Hall–Kier alpha value is -1.15. The molecule has 0 aromatic rings. The van der Waals surface area contributed by atoms with E-state index in [1.54, 1.807) is 0 Å². The lowest BCUT2D eigenvalue weighted by Crippen LogP contribution is -2.42. The maximum atomic E-state index is 11.3. The van der Waals surface area contributed by atoms with E-state index < -0.39 is 33.7 Å². The Morgan fingerprint density at radius 1 is 1.38 bits per heavy atom. The number of carbonyl (C=O) groups excluding carboxylic acids is 1. The lowest BCUT2D eigenvalue weighted by atomic mass is 10.5. The second-order valence-corrected chi connectivity index (χ2v) is 5.28. The third-order valence-corrected chi connectivity index (χ3v) is 3.50. The van der Waals surface area contributed by atoms with Gasteiger partial charge in [-0.1, -0.05) is 6.92 Å². The first-order chi connectivity index (χ1) is 7.31. The molecule has 0 rings (SSSR count). The van der Waals surface area contributed by atoms with Crippen molar-refractivity contribution in [3.8, 4) is 0 Å². The Labute approximate surface area is 94.3 Å². The van der Waals surface area contributed by atoms with Crippen LogP contribution in [-0.4, -0.2) is 43.7 Å². The zero-order valence-corrected chi connectivity index (χ0v) is 10.0. The molecule has 0 heterocycles. The van der Waals surface area contributed by atoms with E-state index in [4.69, 9.17) is 5.11 Å². The van der Waals surface area contributed by atoms with Crippen molar-refractivity contribution < 1.29 is 23.1 Å². The van der Waals surface area contributed by atoms with Gasteiger partial charge in [0.25, 0.3) is 0 Å². The molecule has 94 valence electrons. The molecule has 1 unspecified atom stereocenters. The van der Waals surface area contributed by atoms with Crippen LogP contribution in [-0.2, 0) is 19.6 Å². The number of carbonyl (C=O) groups is 2. The average Bonchev–Trinajstić information content (AvgIpc) is 2.22. The summed E-state index contributed by atoms with van der Waals surface area (Å²) in [5, 5.41) is 9.39. The van der Waals surface area contributed by atoms with E-state index in [2.05, 4.69) is 5.32 Å². The molecule has 0 saturated carbocycles. The molecule has 0 bridgehead atoms. The van der Waals surface area contributed by atoms with Crippen LogP contribution in [0.5, 0.6) is 0 Å². The Morgan fingerprint density at radius 3 is 2.38 bits per heavy atom. The van der Waals surface area contributed by atoms with Crippen LogP contribution < -0.4 is 10.0 Å². The first-order valence-electron chi connectivity index (χ1n) is 4.79. The predicted molar refractivity (Wildman–Crippen MR) is 57.3 cm³/mol. The molecule has 0 fully saturated rings. The molecular formula is C8H16N2O5S. The molecule has 3 N–H and O–H groups in total. The molecule has 1 atom stereocenters. The van der Waals surface area contributed by atoms with Gasteiger partial charge in [0.05, 0.1) is 6.54 Å². The minimum Gasteiger partial charge on any atom is -0.480 e. The summed E-state index contributed by atoms with van der Waals surface area (Å²) in [7, 11) is -3.99. The molecule has 0 aliphatic rings. The third kappa shape index (κ3) is 5.08. The number of hydrogen-bond donors (Lipinski definition) is 3. The summed E-state index contributed by atoms with van der Waals surface area (Å²) in [6.07, 6.45) is 0.740. The monoisotopic (exact) mass is 252 g/mol. The van der Waals surface area contributed by atoms with Gasteiger partial charge in [-0.05, 0) is 13.3 Å². The van der Waals surface area contributed by atoms with Gasteiger partial charge in [0, 0.05) is 6.54 Å². The van der Waals surface area contributed by atoms with E-state index >= 15 is 0 Å². The molecule has 0 aliphatic heterocycles. The Morgan fingerprint density at radius 2 is 1.94 bits per heavy atom. The maximum absolute atomic E-state index is 11.3. The van der Waals surface area contributed by atoms with Crippen molar-refractivity contribution in [3.05, 3.63) is 0 Å². The van der Waals surface area contributed by atoms with Gasteiger partial charge in [-0.2, -0.15) is 0 Å². The van der Waals surface area contributed by atoms with Crippen molar-refractivity contribution in [1.82, 2.24) is 10.0 Å². The summed E-state index contributed by atoms with van der Waals surface area (Å²) in [5.74, 6) is -1.94. The number of hydrogen-bond acceptors (Lipinski definition) is 4. The normalized spacial score (nSPS) is 13.1. The van der Waals surface area contributed by atoms with Crippen LogP contribution in [0.15, 0.2) is 0 Å². The Balaban J connectivity index is 4.20. The van der Waals surface area contributed by atoms with Crippen LogP contribution >= 0.6 is 0 Å². The smallest absolute Gasteiger partial charge is 0.323 e. The quantitative estimate of drug-likeness (QED) is 0.532. The molecule has 8 heteroatoms. The summed E-state index contributed by atoms with van der Waals surface area (Å²) in [5.41, 5.74) is 0. The van der Waals surface area contributed by atoms with E-state index in [0.717, 1.165) is 13.3 Å². The average molecular weight is 252 g/mol. The van der Waals surface area contributed by atoms with E-state index in [0.29, 0.717) is 6.54 Å². The molecule has 1 amide bonds. The van der Waals surface area contributed by atoms with Gasteiger partial charge in [0.1, 0.15) is 0 Å². The van der Waals surface area contributed by atoms with Crippen LogP contribution in [0.1, 0.15) is 20.3 Å². The van der Waals surface area contributed by atoms with Crippen molar-refractivity contribution in [2.45, 2.75) is 25.5 Å². The summed E-state index contributed by atoms with van der Waals surface area (Å²) < 4.78 is 24.5. The second-order valence-electron chi connectivity index (χ2n) is 3.20. The fourth-order valence-corrected chi connectivity index (χ4v) is 1.60. The second kappa shape index (κ2) is 6.44. The van der Waals surface area contributed by atoms with Gasteiger partial charge in [-0.15, -0.1) is 0 Å². The fraction of sp³-hybridized carbons (Fsp3) is 0.750. The highest BCUT2D eigenvalue weighted by Gasteiger charge is 2.27. The maximum Gasteiger partial charge on any atom is 0.323 e. The number of sulfonamides is 1. The number of rotatable bonds is 7. The lowest BCUT2D eigenvalue weighted by Gasteiger charge is -2.09. The van der Waals surface area contributed by atoms with Crippen LogP contribution in [0.25, 0.3) is 0 Å². The van der Waals surface area contributed by atoms with Crippen molar-refractivity contribution in [1.29, 1.82) is 0 Å². The molecule has 0 saturated heterocycles. The van der Waals surface area contributed by atoms with Crippen molar-refractivity contribution in [2.24, 2.45) is 0 Å². The predicted octanol–water partition coefficient (Wildman–Crippen LogP) is -1.09. The van der Waals surface area contributed by atoms with E-state index in [1.165, 1.54) is 0 Å². The van der Waals surface area contributed by atoms with Crippen LogP contribution in [0.2, 0.25) is 0 Å². The largest absolute Gasteiger partial charge is 0.480 e. The minimum absolute atomic E-state index is 0.444. The zero-order chi connectivity index (χ0) is 12.8. The van der Waals surface area contributed by atoms with Crippen molar-refractivity contribution in [3.63, 3.8) is 0 Å². The lowest BCUT2D eigenvalue weighted by molar-refractivity contribution is -0.136. The van der Waals surface area contributed by atoms with Crippen LogP contribution in [0.3, 0.4) is 0 Å². The van der Waals surface area contributed by atoms with Gasteiger partial charge in [0.2, 0.25) is 15.9 Å². The molecular weight excluding hydrogens is 236 g/mol. The highest BCUT2D eigenvalue weighted by Crippen LogP contribution is 1.97. The molecule has 0 spiro atoms. The standard InChI is InChI=1S/C8H16N2O5S/c1-3-4-9-7(11)5-10-16(14,15)6(2)8(12)13/h6,10H,3-5H2,1-2H3,(H,9,11)(H,12,13). The Bertz CT molecular complexity index is 351. The molecule has 7 nitrogen and oxygen atoms in total. The summed E-state index contributed by atoms with van der Waals surface area (Å²) in [6.45, 7) is 2.90. The minimum atomic E-state index is -3.99. The summed E-state index contributed by atoms with van der Waals surface area (Å²) >= 11 is 0. The van der Waals surface area contributed by atoms with Gasteiger partial charge >= 0.3 is 5.97 Å². The van der Waals surface area contributed by atoms with Crippen molar-refractivity contribution >= 4 is 21.9 Å². The highest BCUT2D eigenvalue weighted by molar-refractivity contribution is 7.90. The fourth-order valence-electron chi connectivity index (χ4n) is 0.751. The highest BCUT2D eigenvalue weighted by atomic mass is 32.2. The number of carboxylic acids is 1. The first-order valence-corrected chi connectivity index (χ1v) is 6.34. The van der Waals surface area contributed by atoms with E-state index in [9.17, 15) is 18.0 Å².